The molecule has 3 aromatic rings. The summed E-state index contributed by atoms with van der Waals surface area (Å²) in [6.07, 6.45) is 0.808. The van der Waals surface area contributed by atoms with Crippen LogP contribution in [0.1, 0.15) is 16.7 Å². The second kappa shape index (κ2) is 7.90. The fraction of sp³-hybridized carbons (Fsp3) is 0.190. The lowest BCUT2D eigenvalue weighted by atomic mass is 10.1. The molecule has 0 aliphatic heterocycles. The summed E-state index contributed by atoms with van der Waals surface area (Å²) in [4.78, 5) is 4.38. The van der Waals surface area contributed by atoms with Gasteiger partial charge in [-0.25, -0.2) is 9.37 Å². The van der Waals surface area contributed by atoms with Gasteiger partial charge in [0, 0.05) is 12.1 Å². The minimum Gasteiger partial charge on any atom is -0.384 e. The second-order valence-corrected chi connectivity index (χ2v) is 6.21. The molecular formula is C21H22FN3. The lowest BCUT2D eigenvalue weighted by Gasteiger charge is -2.08. The molecule has 0 saturated carbocycles. The fourth-order valence-corrected chi connectivity index (χ4v) is 2.79. The molecule has 3 N–H and O–H groups in total. The van der Waals surface area contributed by atoms with Crippen LogP contribution in [0, 0.1) is 12.7 Å². The minimum absolute atomic E-state index is 0.182. The SMILES string of the molecule is Cc1cc(N)nc(-c2ccc(CNCCc3cccc(F)c3)cc2)c1. The molecule has 0 saturated heterocycles. The van der Waals surface area contributed by atoms with Crippen LogP contribution in [0.4, 0.5) is 10.2 Å². The van der Waals surface area contributed by atoms with E-state index in [-0.39, 0.29) is 5.82 Å². The van der Waals surface area contributed by atoms with Crippen LogP contribution < -0.4 is 11.1 Å². The number of halogens is 1. The Kier molecular flexibility index (Phi) is 5.41. The summed E-state index contributed by atoms with van der Waals surface area (Å²) in [5.41, 5.74) is 11.1. The van der Waals surface area contributed by atoms with Gasteiger partial charge >= 0.3 is 0 Å². The predicted molar refractivity (Wildman–Crippen MR) is 101 cm³/mol. The average Bonchev–Trinajstić information content (AvgIpc) is 2.58. The van der Waals surface area contributed by atoms with Crippen LogP contribution in [0.3, 0.4) is 0 Å². The largest absolute Gasteiger partial charge is 0.384 e. The Morgan fingerprint density at radius 2 is 1.80 bits per heavy atom. The summed E-state index contributed by atoms with van der Waals surface area (Å²) in [6, 6.07) is 18.9. The molecule has 0 spiro atoms. The second-order valence-electron chi connectivity index (χ2n) is 6.21. The molecule has 3 rings (SSSR count). The first kappa shape index (κ1) is 17.1. The minimum atomic E-state index is -0.182. The molecule has 25 heavy (non-hydrogen) atoms. The van der Waals surface area contributed by atoms with Crippen molar-refractivity contribution < 1.29 is 4.39 Å². The van der Waals surface area contributed by atoms with Gasteiger partial charge in [-0.1, -0.05) is 36.4 Å². The maximum Gasteiger partial charge on any atom is 0.124 e. The number of nitrogens with zero attached hydrogens (tertiary/aromatic N) is 1. The molecule has 1 heterocycles. The zero-order chi connectivity index (χ0) is 17.6. The number of nitrogens with two attached hydrogens (primary N) is 1. The molecule has 0 amide bonds. The Morgan fingerprint density at radius 1 is 1.00 bits per heavy atom. The Morgan fingerprint density at radius 3 is 2.52 bits per heavy atom. The summed E-state index contributed by atoms with van der Waals surface area (Å²) in [5, 5.41) is 3.39. The lowest BCUT2D eigenvalue weighted by molar-refractivity contribution is 0.622. The normalized spacial score (nSPS) is 10.8. The number of nitrogen functional groups attached to an aromatic ring is 1. The quantitative estimate of drug-likeness (QED) is 0.667. The van der Waals surface area contributed by atoms with Gasteiger partial charge in [0.05, 0.1) is 5.69 Å². The number of aryl methyl sites for hydroxylation is 1. The zero-order valence-electron chi connectivity index (χ0n) is 14.3. The lowest BCUT2D eigenvalue weighted by Crippen LogP contribution is -2.16. The van der Waals surface area contributed by atoms with Gasteiger partial charge in [0.25, 0.3) is 0 Å². The Bertz CT molecular complexity index is 824. The van der Waals surface area contributed by atoms with Gasteiger partial charge in [0.1, 0.15) is 11.6 Å². The van der Waals surface area contributed by atoms with Crippen LogP contribution in [0.15, 0.2) is 60.7 Å². The summed E-state index contributed by atoms with van der Waals surface area (Å²) in [6.45, 7) is 3.60. The topological polar surface area (TPSA) is 50.9 Å². The molecule has 0 unspecified atom stereocenters. The van der Waals surface area contributed by atoms with Crippen LogP contribution in [-0.4, -0.2) is 11.5 Å². The van der Waals surface area contributed by atoms with Crippen LogP contribution in [-0.2, 0) is 13.0 Å². The summed E-state index contributed by atoms with van der Waals surface area (Å²) in [5.74, 6) is 0.358. The maximum absolute atomic E-state index is 13.1. The molecular weight excluding hydrogens is 313 g/mol. The first-order chi connectivity index (χ1) is 12.1. The highest BCUT2D eigenvalue weighted by Gasteiger charge is 2.02. The van der Waals surface area contributed by atoms with E-state index in [2.05, 4.69) is 34.6 Å². The first-order valence-electron chi connectivity index (χ1n) is 8.39. The van der Waals surface area contributed by atoms with Crippen molar-refractivity contribution in [2.75, 3.05) is 12.3 Å². The van der Waals surface area contributed by atoms with Crippen molar-refractivity contribution >= 4 is 5.82 Å². The van der Waals surface area contributed by atoms with Crippen LogP contribution >= 0.6 is 0 Å². The van der Waals surface area contributed by atoms with E-state index < -0.39 is 0 Å². The van der Waals surface area contributed by atoms with E-state index in [9.17, 15) is 4.39 Å². The van der Waals surface area contributed by atoms with E-state index in [0.29, 0.717) is 5.82 Å². The number of hydrogen-bond acceptors (Lipinski definition) is 3. The molecule has 4 heteroatoms. The molecule has 1 aromatic heterocycles. The van der Waals surface area contributed by atoms with Crippen LogP contribution in [0.5, 0.6) is 0 Å². The Hall–Kier alpha value is -2.72. The van der Waals surface area contributed by atoms with E-state index in [1.54, 1.807) is 12.1 Å². The molecule has 0 radical (unpaired) electrons. The first-order valence-corrected chi connectivity index (χ1v) is 8.39. The van der Waals surface area contributed by atoms with E-state index in [4.69, 9.17) is 5.73 Å². The third-order valence-electron chi connectivity index (χ3n) is 4.05. The number of rotatable bonds is 6. The van der Waals surface area contributed by atoms with Gasteiger partial charge < -0.3 is 11.1 Å². The van der Waals surface area contributed by atoms with Crippen molar-refractivity contribution in [3.8, 4) is 11.3 Å². The third-order valence-corrected chi connectivity index (χ3v) is 4.05. The van der Waals surface area contributed by atoms with E-state index in [1.165, 1.54) is 11.6 Å². The molecule has 128 valence electrons. The van der Waals surface area contributed by atoms with Gasteiger partial charge in [-0.2, -0.15) is 0 Å². The van der Waals surface area contributed by atoms with Crippen LogP contribution in [0.2, 0.25) is 0 Å². The Balaban J connectivity index is 1.54. The van der Waals surface area contributed by atoms with Gasteiger partial charge in [0.2, 0.25) is 0 Å². The van der Waals surface area contributed by atoms with Gasteiger partial charge in [-0.05, 0) is 60.8 Å². The van der Waals surface area contributed by atoms with E-state index in [1.807, 2.05) is 25.1 Å². The van der Waals surface area contributed by atoms with Crippen LogP contribution in [0.25, 0.3) is 11.3 Å². The highest BCUT2D eigenvalue weighted by atomic mass is 19.1. The number of nitrogens with one attached hydrogen (secondary N) is 1. The molecule has 3 nitrogen and oxygen atoms in total. The monoisotopic (exact) mass is 335 g/mol. The molecule has 2 aromatic carbocycles. The summed E-state index contributed by atoms with van der Waals surface area (Å²) < 4.78 is 13.1. The number of aromatic nitrogens is 1. The molecule has 0 aliphatic carbocycles. The van der Waals surface area contributed by atoms with Crippen molar-refractivity contribution in [1.29, 1.82) is 0 Å². The zero-order valence-corrected chi connectivity index (χ0v) is 14.3. The molecule has 0 fully saturated rings. The van der Waals surface area contributed by atoms with Gasteiger partial charge in [-0.15, -0.1) is 0 Å². The molecule has 0 aliphatic rings. The Labute approximate surface area is 147 Å². The smallest absolute Gasteiger partial charge is 0.124 e. The standard InChI is InChI=1S/C21H22FN3/c1-15-11-20(25-21(23)12-15)18-7-5-17(6-8-18)14-24-10-9-16-3-2-4-19(22)13-16/h2-8,11-13,24H,9-10,14H2,1H3,(H2,23,25). The molecule has 0 bridgehead atoms. The average molecular weight is 335 g/mol. The van der Waals surface area contributed by atoms with Crippen molar-refractivity contribution in [3.05, 3.63) is 83.2 Å². The van der Waals surface area contributed by atoms with E-state index in [0.717, 1.165) is 41.9 Å². The van der Waals surface area contributed by atoms with Gasteiger partial charge in [0.15, 0.2) is 0 Å². The predicted octanol–water partition coefficient (Wildman–Crippen LogP) is 4.11. The van der Waals surface area contributed by atoms with Crippen molar-refractivity contribution in [1.82, 2.24) is 10.3 Å². The number of hydrogen-bond donors (Lipinski definition) is 2. The van der Waals surface area contributed by atoms with Crippen molar-refractivity contribution in [2.45, 2.75) is 19.9 Å². The van der Waals surface area contributed by atoms with E-state index >= 15 is 0 Å². The van der Waals surface area contributed by atoms with Crippen molar-refractivity contribution in [2.24, 2.45) is 0 Å². The van der Waals surface area contributed by atoms with Crippen molar-refractivity contribution in [3.63, 3.8) is 0 Å². The van der Waals surface area contributed by atoms with Gasteiger partial charge in [-0.3, -0.25) is 0 Å². The number of benzene rings is 2. The maximum atomic E-state index is 13.1. The highest BCUT2D eigenvalue weighted by Crippen LogP contribution is 2.20. The third kappa shape index (κ3) is 4.88. The molecule has 0 atom stereocenters. The summed E-state index contributed by atoms with van der Waals surface area (Å²) in [7, 11) is 0. The fourth-order valence-electron chi connectivity index (χ4n) is 2.79. The number of pyridine rings is 1. The number of anilines is 1. The summed E-state index contributed by atoms with van der Waals surface area (Å²) >= 11 is 0. The highest BCUT2D eigenvalue weighted by molar-refractivity contribution is 5.62.